The summed E-state index contributed by atoms with van der Waals surface area (Å²) in [7, 11) is 2.90. The van der Waals surface area contributed by atoms with Gasteiger partial charge in [0.25, 0.3) is 0 Å². The van der Waals surface area contributed by atoms with Crippen molar-refractivity contribution in [2.75, 3.05) is 14.2 Å². The van der Waals surface area contributed by atoms with E-state index in [1.165, 1.54) is 81.5 Å². The van der Waals surface area contributed by atoms with Crippen molar-refractivity contribution in [3.8, 4) is 34.5 Å². The molecule has 0 atom stereocenters. The first-order valence-corrected chi connectivity index (χ1v) is 17.8. The molecule has 16 nitrogen and oxygen atoms in total. The molecular weight excluding hydrogens is 853 g/mol. The Morgan fingerprint density at radius 1 is 0.672 bits per heavy atom. The van der Waals surface area contributed by atoms with E-state index in [4.69, 9.17) is 14.2 Å². The van der Waals surface area contributed by atoms with Crippen molar-refractivity contribution in [3.63, 3.8) is 0 Å². The van der Waals surface area contributed by atoms with Gasteiger partial charge in [-0.15, -0.1) is 10.2 Å². The molecule has 23 heteroatoms. The summed E-state index contributed by atoms with van der Waals surface area (Å²) < 4.78 is 96.2. The van der Waals surface area contributed by atoms with Gasteiger partial charge in [0.15, 0.2) is 11.6 Å². The maximum Gasteiger partial charge on any atom is 1.00 e. The zero-order valence-corrected chi connectivity index (χ0v) is 35.1. The summed E-state index contributed by atoms with van der Waals surface area (Å²) in [6, 6.07) is 13.3. The van der Waals surface area contributed by atoms with Crippen LogP contribution in [0, 0.1) is 13.8 Å². The zero-order valence-electron chi connectivity index (χ0n) is 35.1. The summed E-state index contributed by atoms with van der Waals surface area (Å²) in [5.74, 6) is -1.04. The van der Waals surface area contributed by atoms with Gasteiger partial charge in [-0.05, 0) is 87.4 Å². The molecule has 0 amide bonds. The Balaban J connectivity index is 0.000000422. The second-order valence-electron chi connectivity index (χ2n) is 13.3. The zero-order chi connectivity index (χ0) is 44.6. The molecule has 0 aliphatic heterocycles. The van der Waals surface area contributed by atoms with Crippen LogP contribution in [-0.4, -0.2) is 87.8 Å². The molecule has 2 aromatic carbocycles. The van der Waals surface area contributed by atoms with Gasteiger partial charge in [-0.3, -0.25) is 0 Å². The number of aromatic nitrogens is 8. The minimum absolute atomic E-state index is 0. The first kappa shape index (κ1) is 53.3. The number of nitrogens with zero attached hydrogens (tertiary/aromatic N) is 8. The van der Waals surface area contributed by atoms with Gasteiger partial charge < -0.3 is 30.3 Å². The summed E-state index contributed by atoms with van der Waals surface area (Å²) in [4.78, 5) is 40.4. The van der Waals surface area contributed by atoms with E-state index >= 15 is 0 Å². The first-order chi connectivity index (χ1) is 28.7. The van der Waals surface area contributed by atoms with E-state index in [1.807, 2.05) is 0 Å². The second kappa shape index (κ2) is 22.5. The van der Waals surface area contributed by atoms with Gasteiger partial charge >= 0.3 is 43.2 Å². The molecule has 6 aromatic rings. The average Bonchev–Trinajstić information content (AvgIpc) is 3.88. The predicted octanol–water partition coefficient (Wildman–Crippen LogP) is 4.39. The van der Waals surface area contributed by atoms with Crippen LogP contribution in [0.25, 0.3) is 46.3 Å². The van der Waals surface area contributed by atoms with Crippen molar-refractivity contribution < 1.29 is 85.1 Å². The van der Waals surface area contributed by atoms with Gasteiger partial charge in [0.2, 0.25) is 11.8 Å². The average molecular weight is 893 g/mol. The quantitative estimate of drug-likeness (QED) is 0.0825. The van der Waals surface area contributed by atoms with Gasteiger partial charge in [0.1, 0.15) is 12.7 Å². The number of carbonyl (C=O) groups is 2. The van der Waals surface area contributed by atoms with Crippen LogP contribution in [0.5, 0.6) is 11.8 Å². The van der Waals surface area contributed by atoms with Gasteiger partial charge in [-0.1, -0.05) is 0 Å². The van der Waals surface area contributed by atoms with Crippen LogP contribution in [0.1, 0.15) is 47.2 Å². The molecule has 334 valence electrons. The number of pyridine rings is 2. The first-order valence-electron chi connectivity index (χ1n) is 17.8. The van der Waals surface area contributed by atoms with Crippen LogP contribution in [0.2, 0.25) is 0 Å². The number of benzene rings is 2. The van der Waals surface area contributed by atoms with Crippen LogP contribution in [0.15, 0.2) is 85.7 Å². The van der Waals surface area contributed by atoms with Crippen molar-refractivity contribution in [3.05, 3.63) is 119 Å². The standard InChI is InChI=1S/C22H21F3N4O3.C19H15F3N4O3.Li.2H2O/c1-13(2)32-21(30)18(15-5-6-19(31-4)26-10-15)11-29-12-27-20(28-29)16-7-14(3)8-17(9-16)22(23,24)25;1-11-5-13(7-14(6-11)19(20,21)22)17-24-10-26(25-17)9-15(18(27)28)12-3-4-16(29-2)23-8-12;;;/h5-13H,1-4H3;3-10H,1-2H3,(H,27,28);;2*1H2/q;;+1;;/p-1/b18-11+;15-9+;;;. The number of aliphatic carboxylic acids is 1. The number of esters is 1. The number of methoxy groups -OCH3 is 2. The Kier molecular flexibility index (Phi) is 18.7. The molecule has 64 heavy (non-hydrogen) atoms. The number of carboxylic acids is 1. The number of rotatable bonds is 11. The number of aryl methyl sites for hydroxylation is 2. The smallest absolute Gasteiger partial charge is 0.870 e. The normalized spacial score (nSPS) is 11.6. The molecule has 0 fully saturated rings. The van der Waals surface area contributed by atoms with E-state index in [-0.39, 0.29) is 69.8 Å². The number of alkyl halides is 6. The van der Waals surface area contributed by atoms with Crippen LogP contribution in [-0.2, 0) is 26.7 Å². The Bertz CT molecular complexity index is 2580. The number of carbonyl (C=O) groups excluding carboxylic acids is 1. The maximum atomic E-state index is 13.2. The molecule has 0 spiro atoms. The van der Waals surface area contributed by atoms with Crippen molar-refractivity contribution in [2.24, 2.45) is 0 Å². The number of halogens is 6. The molecule has 0 saturated carbocycles. The summed E-state index contributed by atoms with van der Waals surface area (Å²) in [6.45, 7) is 6.53. The Morgan fingerprint density at radius 2 is 1.08 bits per heavy atom. The molecule has 4 aromatic heterocycles. The Hall–Kier alpha value is -6.86. The molecule has 0 aliphatic rings. The number of ether oxygens (including phenoxy) is 3. The minimum Gasteiger partial charge on any atom is -0.870 e. The number of hydrogen-bond acceptors (Lipinski definition) is 12. The minimum atomic E-state index is -4.50. The van der Waals surface area contributed by atoms with Crippen molar-refractivity contribution in [1.82, 2.24) is 39.5 Å². The third-order valence-corrected chi connectivity index (χ3v) is 8.17. The topological polar surface area (TPSA) is 231 Å². The fourth-order valence-electron chi connectivity index (χ4n) is 5.45. The van der Waals surface area contributed by atoms with Crippen LogP contribution in [0.3, 0.4) is 0 Å². The molecule has 0 saturated heterocycles. The molecule has 4 N–H and O–H groups in total. The van der Waals surface area contributed by atoms with Crippen LogP contribution in [0.4, 0.5) is 26.3 Å². The predicted molar refractivity (Wildman–Crippen MR) is 215 cm³/mol. The molecule has 6 rings (SSSR count). The van der Waals surface area contributed by atoms with Crippen LogP contribution >= 0.6 is 0 Å². The molecular formula is C41H39F6LiN8O8. The van der Waals surface area contributed by atoms with Crippen molar-refractivity contribution >= 4 is 35.5 Å². The fraction of sp³-hybridized carbons (Fsp3) is 0.220. The number of carboxylic acid groups (broad SMARTS) is 1. The molecule has 0 radical (unpaired) electrons. The Morgan fingerprint density at radius 3 is 1.42 bits per heavy atom. The van der Waals surface area contributed by atoms with Gasteiger partial charge in [0, 0.05) is 59.2 Å². The maximum absolute atomic E-state index is 13.2. The summed E-state index contributed by atoms with van der Waals surface area (Å²) in [5.41, 5.74) is 0.370. The van der Waals surface area contributed by atoms with Crippen molar-refractivity contribution in [1.29, 1.82) is 0 Å². The fourth-order valence-corrected chi connectivity index (χ4v) is 5.45. The SMILES string of the molecule is COc1ccc(/C(=C\n2cnc(-c3cc(C)cc(C(F)(F)F)c3)n2)C(=O)O)cn1.COc1ccc(/C(=C\n2cnc(-c3cc(C)cc(C(F)(F)F)c3)n2)C(=O)OC(C)C)cn1.O.[Li+].[OH-]. The summed E-state index contributed by atoms with van der Waals surface area (Å²) in [6.07, 6.45) is -1.49. The van der Waals surface area contributed by atoms with E-state index in [2.05, 4.69) is 30.1 Å². The molecule has 0 unspecified atom stereocenters. The molecule has 4 heterocycles. The second-order valence-corrected chi connectivity index (χ2v) is 13.3. The summed E-state index contributed by atoms with van der Waals surface area (Å²) >= 11 is 0. The third-order valence-electron chi connectivity index (χ3n) is 8.17. The van der Waals surface area contributed by atoms with E-state index in [0.717, 1.165) is 28.9 Å². The molecule has 0 aliphatic carbocycles. The third kappa shape index (κ3) is 14.1. The van der Waals surface area contributed by atoms with Crippen LogP contribution < -0.4 is 28.3 Å². The van der Waals surface area contributed by atoms with Gasteiger partial charge in [-0.2, -0.15) is 26.3 Å². The van der Waals surface area contributed by atoms with Crippen molar-refractivity contribution in [2.45, 2.75) is 46.2 Å². The monoisotopic (exact) mass is 892 g/mol. The van der Waals surface area contributed by atoms with E-state index in [9.17, 15) is 41.0 Å². The largest absolute Gasteiger partial charge is 1.00 e. The Labute approximate surface area is 373 Å². The van der Waals surface area contributed by atoms with E-state index in [0.29, 0.717) is 34.0 Å². The summed E-state index contributed by atoms with van der Waals surface area (Å²) in [5, 5.41) is 17.8. The van der Waals surface area contributed by atoms with Gasteiger partial charge in [-0.25, -0.2) is 38.9 Å². The number of hydrogen-bond donors (Lipinski definition) is 1. The van der Waals surface area contributed by atoms with E-state index < -0.39 is 35.4 Å². The van der Waals surface area contributed by atoms with Gasteiger partial charge in [0.05, 0.1) is 42.6 Å². The molecule has 0 bridgehead atoms. The van der Waals surface area contributed by atoms with E-state index in [1.54, 1.807) is 39.0 Å².